The van der Waals surface area contributed by atoms with Gasteiger partial charge in [0.1, 0.15) is 5.82 Å². The Morgan fingerprint density at radius 1 is 1.37 bits per heavy atom. The van der Waals surface area contributed by atoms with Crippen LogP contribution in [0.4, 0.5) is 0 Å². The summed E-state index contributed by atoms with van der Waals surface area (Å²) in [7, 11) is 0. The Morgan fingerprint density at radius 3 is 2.79 bits per heavy atom. The smallest absolute Gasteiger partial charge is 0.113 e. The molecule has 0 amide bonds. The Morgan fingerprint density at radius 2 is 2.16 bits per heavy atom. The first-order valence-electron chi connectivity index (χ1n) is 6.99. The van der Waals surface area contributed by atoms with E-state index in [1.165, 1.54) is 16.8 Å². The molecule has 0 saturated heterocycles. The lowest BCUT2D eigenvalue weighted by atomic mass is 10.0. The number of rotatable bonds is 5. The summed E-state index contributed by atoms with van der Waals surface area (Å²) in [4.78, 5) is 4.43. The second kappa shape index (κ2) is 6.02. The van der Waals surface area contributed by atoms with E-state index in [0.717, 1.165) is 25.1 Å². The first-order chi connectivity index (χ1) is 9.11. The normalized spacial score (nSPS) is 12.6. The number of hydrogen-bond donors (Lipinski definition) is 1. The third-order valence-electron chi connectivity index (χ3n) is 3.34. The van der Waals surface area contributed by atoms with Gasteiger partial charge < -0.3 is 10.3 Å². The molecule has 0 aliphatic heterocycles. The highest BCUT2D eigenvalue weighted by Crippen LogP contribution is 2.18. The van der Waals surface area contributed by atoms with Gasteiger partial charge in [-0.1, -0.05) is 13.0 Å². The van der Waals surface area contributed by atoms with Crippen molar-refractivity contribution in [3.63, 3.8) is 0 Å². The topological polar surface area (TPSA) is 43.8 Å². The maximum absolute atomic E-state index is 5.87. The van der Waals surface area contributed by atoms with E-state index in [2.05, 4.69) is 41.6 Å². The molecule has 1 heterocycles. The van der Waals surface area contributed by atoms with Crippen LogP contribution < -0.4 is 5.73 Å². The molecule has 3 heteroatoms. The Bertz CT molecular complexity index is 541. The Balaban J connectivity index is 2.31. The zero-order valence-corrected chi connectivity index (χ0v) is 12.1. The van der Waals surface area contributed by atoms with E-state index in [0.29, 0.717) is 0 Å². The largest absolute Gasteiger partial charge is 0.328 e. The van der Waals surface area contributed by atoms with Gasteiger partial charge in [-0.05, 0) is 49.9 Å². The standard InChI is InChI=1S/C16H23N3/c1-4-5-16-18-8-9-19(16)15-7-6-14(11-13(3)17)12(2)10-15/h6-10,13H,4-5,11,17H2,1-3H3. The van der Waals surface area contributed by atoms with E-state index in [-0.39, 0.29) is 6.04 Å². The molecule has 0 spiro atoms. The summed E-state index contributed by atoms with van der Waals surface area (Å²) >= 11 is 0. The molecular weight excluding hydrogens is 234 g/mol. The van der Waals surface area contributed by atoms with E-state index in [4.69, 9.17) is 5.73 Å². The van der Waals surface area contributed by atoms with Crippen LogP contribution in [0.3, 0.4) is 0 Å². The molecule has 1 aromatic heterocycles. The second-order valence-corrected chi connectivity index (χ2v) is 5.26. The first kappa shape index (κ1) is 13.8. The summed E-state index contributed by atoms with van der Waals surface area (Å²) < 4.78 is 2.17. The fraction of sp³-hybridized carbons (Fsp3) is 0.438. The quantitative estimate of drug-likeness (QED) is 0.894. The minimum atomic E-state index is 0.202. The van der Waals surface area contributed by atoms with Gasteiger partial charge in [0.2, 0.25) is 0 Å². The zero-order valence-electron chi connectivity index (χ0n) is 12.1. The van der Waals surface area contributed by atoms with Crippen LogP contribution >= 0.6 is 0 Å². The van der Waals surface area contributed by atoms with Gasteiger partial charge in [0.05, 0.1) is 0 Å². The van der Waals surface area contributed by atoms with Crippen molar-refractivity contribution in [2.24, 2.45) is 5.73 Å². The highest BCUT2D eigenvalue weighted by atomic mass is 15.1. The molecule has 102 valence electrons. The van der Waals surface area contributed by atoms with Gasteiger partial charge in [-0.25, -0.2) is 4.98 Å². The van der Waals surface area contributed by atoms with Crippen LogP contribution in [-0.2, 0) is 12.8 Å². The van der Waals surface area contributed by atoms with Gasteiger partial charge in [0.25, 0.3) is 0 Å². The highest BCUT2D eigenvalue weighted by Gasteiger charge is 2.07. The van der Waals surface area contributed by atoms with Crippen LogP contribution in [0.1, 0.15) is 37.2 Å². The number of benzene rings is 1. The van der Waals surface area contributed by atoms with E-state index in [1.54, 1.807) is 0 Å². The summed E-state index contributed by atoms with van der Waals surface area (Å²) in [5, 5.41) is 0. The lowest BCUT2D eigenvalue weighted by Gasteiger charge is -2.12. The summed E-state index contributed by atoms with van der Waals surface area (Å²) in [6.07, 6.45) is 6.95. The van der Waals surface area contributed by atoms with Crippen LogP contribution in [0.25, 0.3) is 5.69 Å². The maximum atomic E-state index is 5.87. The third kappa shape index (κ3) is 3.24. The first-order valence-corrected chi connectivity index (χ1v) is 6.99. The molecule has 19 heavy (non-hydrogen) atoms. The van der Waals surface area contributed by atoms with Crippen molar-refractivity contribution >= 4 is 0 Å². The average Bonchev–Trinajstić information content (AvgIpc) is 2.80. The van der Waals surface area contributed by atoms with Gasteiger partial charge in [0.15, 0.2) is 0 Å². The molecular formula is C16H23N3. The predicted molar refractivity (Wildman–Crippen MR) is 79.6 cm³/mol. The fourth-order valence-electron chi connectivity index (χ4n) is 2.38. The van der Waals surface area contributed by atoms with E-state index >= 15 is 0 Å². The molecule has 2 aromatic rings. The van der Waals surface area contributed by atoms with Crippen LogP contribution in [-0.4, -0.2) is 15.6 Å². The lowest BCUT2D eigenvalue weighted by molar-refractivity contribution is 0.734. The van der Waals surface area contributed by atoms with Crippen molar-refractivity contribution < 1.29 is 0 Å². The van der Waals surface area contributed by atoms with Crippen molar-refractivity contribution in [2.75, 3.05) is 0 Å². The number of hydrogen-bond acceptors (Lipinski definition) is 2. The maximum Gasteiger partial charge on any atom is 0.113 e. The van der Waals surface area contributed by atoms with Gasteiger partial charge >= 0.3 is 0 Å². The van der Waals surface area contributed by atoms with Gasteiger partial charge in [-0.3, -0.25) is 0 Å². The summed E-state index contributed by atoms with van der Waals surface area (Å²) in [6, 6.07) is 6.77. The molecule has 2 rings (SSSR count). The molecule has 1 aromatic carbocycles. The molecule has 0 saturated carbocycles. The van der Waals surface area contributed by atoms with Gasteiger partial charge in [-0.15, -0.1) is 0 Å². The number of imidazole rings is 1. The minimum absolute atomic E-state index is 0.202. The Labute approximate surface area is 115 Å². The molecule has 0 bridgehead atoms. The monoisotopic (exact) mass is 257 g/mol. The number of aryl methyl sites for hydroxylation is 2. The molecule has 0 fully saturated rings. The number of aromatic nitrogens is 2. The third-order valence-corrected chi connectivity index (χ3v) is 3.34. The van der Waals surface area contributed by atoms with Crippen LogP contribution in [0.2, 0.25) is 0 Å². The molecule has 0 radical (unpaired) electrons. The average molecular weight is 257 g/mol. The molecule has 2 N–H and O–H groups in total. The Kier molecular flexibility index (Phi) is 4.38. The van der Waals surface area contributed by atoms with E-state index < -0.39 is 0 Å². The fourth-order valence-corrected chi connectivity index (χ4v) is 2.38. The van der Waals surface area contributed by atoms with Crippen molar-refractivity contribution in [2.45, 2.75) is 46.1 Å². The van der Waals surface area contributed by atoms with E-state index in [1.807, 2.05) is 19.3 Å². The summed E-state index contributed by atoms with van der Waals surface area (Å²) in [6.45, 7) is 6.37. The SMILES string of the molecule is CCCc1nccn1-c1ccc(CC(C)N)c(C)c1. The molecule has 3 nitrogen and oxygen atoms in total. The molecule has 0 aliphatic carbocycles. The van der Waals surface area contributed by atoms with Crippen molar-refractivity contribution in [1.29, 1.82) is 0 Å². The van der Waals surface area contributed by atoms with Crippen LogP contribution in [0, 0.1) is 6.92 Å². The zero-order chi connectivity index (χ0) is 13.8. The highest BCUT2D eigenvalue weighted by molar-refractivity contribution is 5.41. The number of nitrogens with zero attached hydrogens (tertiary/aromatic N) is 2. The van der Waals surface area contributed by atoms with Crippen LogP contribution in [0.5, 0.6) is 0 Å². The van der Waals surface area contributed by atoms with Crippen molar-refractivity contribution in [3.8, 4) is 5.69 Å². The lowest BCUT2D eigenvalue weighted by Crippen LogP contribution is -2.18. The van der Waals surface area contributed by atoms with Crippen LogP contribution in [0.15, 0.2) is 30.6 Å². The Hall–Kier alpha value is -1.61. The molecule has 1 unspecified atom stereocenters. The van der Waals surface area contributed by atoms with E-state index in [9.17, 15) is 0 Å². The summed E-state index contributed by atoms with van der Waals surface area (Å²) in [5.41, 5.74) is 9.69. The second-order valence-electron chi connectivity index (χ2n) is 5.26. The van der Waals surface area contributed by atoms with Gasteiger partial charge in [0, 0.05) is 30.5 Å². The van der Waals surface area contributed by atoms with Crippen molar-refractivity contribution in [1.82, 2.24) is 9.55 Å². The molecule has 0 aliphatic rings. The molecule has 1 atom stereocenters. The minimum Gasteiger partial charge on any atom is -0.328 e. The van der Waals surface area contributed by atoms with Gasteiger partial charge in [-0.2, -0.15) is 0 Å². The van der Waals surface area contributed by atoms with Crippen molar-refractivity contribution in [3.05, 3.63) is 47.5 Å². The summed E-state index contributed by atoms with van der Waals surface area (Å²) in [5.74, 6) is 1.13. The predicted octanol–water partition coefficient (Wildman–Crippen LogP) is 3.02. The number of nitrogens with two attached hydrogens (primary N) is 1.